The molecule has 0 saturated carbocycles. The van der Waals surface area contributed by atoms with Gasteiger partial charge in [-0.2, -0.15) is 8.78 Å². The second kappa shape index (κ2) is 7.96. The number of alkyl halides is 2. The van der Waals surface area contributed by atoms with E-state index in [4.69, 9.17) is 17.0 Å². The molecule has 1 aromatic rings. The van der Waals surface area contributed by atoms with Crippen LogP contribution in [0.5, 0.6) is 5.75 Å². The third-order valence-electron chi connectivity index (χ3n) is 4.24. The summed E-state index contributed by atoms with van der Waals surface area (Å²) in [6.45, 7) is 0.655. The minimum atomic E-state index is -2.96. The van der Waals surface area contributed by atoms with Gasteiger partial charge in [0.1, 0.15) is 5.75 Å². The van der Waals surface area contributed by atoms with Gasteiger partial charge in [-0.05, 0) is 25.2 Å². The molecule has 140 valence electrons. The average Bonchev–Trinajstić information content (AvgIpc) is 2.61. The number of hydrogen-bond acceptors (Lipinski definition) is 4. The third-order valence-corrected chi connectivity index (χ3v) is 4.46. The molecule has 1 amide bonds. The zero-order chi connectivity index (χ0) is 18.7. The summed E-state index contributed by atoms with van der Waals surface area (Å²) in [5.74, 6) is -0.185. The van der Waals surface area contributed by atoms with E-state index >= 15 is 0 Å². The quantitative estimate of drug-likeness (QED) is 0.775. The summed E-state index contributed by atoms with van der Waals surface area (Å²) in [7, 11) is 0. The molecule has 6 nitrogen and oxygen atoms in total. The first-order valence-corrected chi connectivity index (χ1v) is 8.57. The Morgan fingerprint density at radius 2 is 2.04 bits per heavy atom. The highest BCUT2D eigenvalue weighted by atomic mass is 32.1. The highest BCUT2D eigenvalue weighted by molar-refractivity contribution is 7.80. The predicted octanol–water partition coefficient (Wildman–Crippen LogP) is 1.94. The molecular formula is C17H19F2N3O3S. The Labute approximate surface area is 155 Å². The molecule has 1 aromatic carbocycles. The summed E-state index contributed by atoms with van der Waals surface area (Å²) >= 11 is 5.20. The number of amides is 1. The minimum absolute atomic E-state index is 0.00442. The number of allylic oxidation sites excluding steroid dienone is 1. The van der Waals surface area contributed by atoms with Crippen LogP contribution >= 0.6 is 12.2 Å². The highest BCUT2D eigenvalue weighted by Crippen LogP contribution is 2.34. The fourth-order valence-electron chi connectivity index (χ4n) is 3.07. The molecule has 0 aliphatic carbocycles. The van der Waals surface area contributed by atoms with Gasteiger partial charge in [0.25, 0.3) is 5.91 Å². The van der Waals surface area contributed by atoms with Crippen molar-refractivity contribution in [2.24, 2.45) is 0 Å². The number of thiocarbonyl (C=S) groups is 1. The molecule has 1 saturated heterocycles. The molecule has 1 fully saturated rings. The number of morpholine rings is 1. The summed E-state index contributed by atoms with van der Waals surface area (Å²) in [5.41, 5.74) is 1.43. The van der Waals surface area contributed by atoms with Gasteiger partial charge in [-0.15, -0.1) is 0 Å². The molecular weight excluding hydrogens is 364 g/mol. The molecule has 9 heteroatoms. The van der Waals surface area contributed by atoms with E-state index < -0.39 is 12.7 Å². The van der Waals surface area contributed by atoms with Crippen molar-refractivity contribution < 1.29 is 23.0 Å². The van der Waals surface area contributed by atoms with Gasteiger partial charge < -0.3 is 25.0 Å². The van der Waals surface area contributed by atoms with Crippen LogP contribution < -0.4 is 15.4 Å². The first-order chi connectivity index (χ1) is 12.5. The van der Waals surface area contributed by atoms with Crippen LogP contribution in [-0.2, 0) is 9.53 Å². The predicted molar refractivity (Wildman–Crippen MR) is 94.8 cm³/mol. The van der Waals surface area contributed by atoms with E-state index in [1.165, 1.54) is 6.07 Å². The van der Waals surface area contributed by atoms with E-state index in [0.717, 1.165) is 0 Å². The maximum absolute atomic E-state index is 13.1. The lowest BCUT2D eigenvalue weighted by Gasteiger charge is -2.35. The van der Waals surface area contributed by atoms with Gasteiger partial charge in [-0.25, -0.2) is 0 Å². The smallest absolute Gasteiger partial charge is 0.387 e. The number of para-hydroxylation sites is 1. The second-order valence-corrected chi connectivity index (χ2v) is 6.30. The van der Waals surface area contributed by atoms with Crippen LogP contribution in [0.15, 0.2) is 35.5 Å². The molecule has 26 heavy (non-hydrogen) atoms. The Kier molecular flexibility index (Phi) is 5.67. The summed E-state index contributed by atoms with van der Waals surface area (Å²) in [6.07, 6.45) is 0. The SMILES string of the molecule is CC1=C(C(=O)N2CCOCC2)[C@@H](c2ccccc2OC(F)F)NC(=S)N1. The van der Waals surface area contributed by atoms with Crippen molar-refractivity contribution in [1.82, 2.24) is 15.5 Å². The molecule has 0 spiro atoms. The fourth-order valence-corrected chi connectivity index (χ4v) is 3.34. The third kappa shape index (κ3) is 3.94. The Bertz CT molecular complexity index is 736. The van der Waals surface area contributed by atoms with Gasteiger partial charge in [0.2, 0.25) is 0 Å². The molecule has 0 aromatic heterocycles. The molecule has 2 N–H and O–H groups in total. The monoisotopic (exact) mass is 383 g/mol. The number of carbonyl (C=O) groups excluding carboxylic acids is 1. The van der Waals surface area contributed by atoms with Crippen LogP contribution in [0.4, 0.5) is 8.78 Å². The van der Waals surface area contributed by atoms with Crippen molar-refractivity contribution in [1.29, 1.82) is 0 Å². The number of nitrogens with zero attached hydrogens (tertiary/aromatic N) is 1. The normalized spacial score (nSPS) is 20.7. The van der Waals surface area contributed by atoms with Crippen molar-refractivity contribution in [3.63, 3.8) is 0 Å². The van der Waals surface area contributed by atoms with Gasteiger partial charge in [0, 0.05) is 24.4 Å². The number of benzene rings is 1. The first kappa shape index (κ1) is 18.5. The lowest BCUT2D eigenvalue weighted by molar-refractivity contribution is -0.131. The van der Waals surface area contributed by atoms with Crippen molar-refractivity contribution in [2.45, 2.75) is 19.6 Å². The van der Waals surface area contributed by atoms with Crippen LogP contribution in [0, 0.1) is 0 Å². The van der Waals surface area contributed by atoms with E-state index in [1.54, 1.807) is 30.0 Å². The maximum Gasteiger partial charge on any atom is 0.387 e. The van der Waals surface area contributed by atoms with E-state index in [-0.39, 0.29) is 11.7 Å². The lowest BCUT2D eigenvalue weighted by Crippen LogP contribution is -2.49. The van der Waals surface area contributed by atoms with Gasteiger partial charge in [0.05, 0.1) is 24.8 Å². The van der Waals surface area contributed by atoms with E-state index in [2.05, 4.69) is 15.4 Å². The molecule has 0 bridgehead atoms. The fraction of sp³-hybridized carbons (Fsp3) is 0.412. The van der Waals surface area contributed by atoms with Crippen LogP contribution in [-0.4, -0.2) is 48.8 Å². The Morgan fingerprint density at radius 1 is 1.35 bits per heavy atom. The summed E-state index contributed by atoms with van der Waals surface area (Å²) in [6, 6.07) is 5.70. The van der Waals surface area contributed by atoms with E-state index in [1.807, 2.05) is 0 Å². The van der Waals surface area contributed by atoms with Crippen molar-refractivity contribution >= 4 is 23.2 Å². The van der Waals surface area contributed by atoms with E-state index in [9.17, 15) is 13.6 Å². The summed E-state index contributed by atoms with van der Waals surface area (Å²) in [5, 5.41) is 6.26. The number of hydrogen-bond donors (Lipinski definition) is 2. The largest absolute Gasteiger partial charge is 0.434 e. The minimum Gasteiger partial charge on any atom is -0.434 e. The Hall–Kier alpha value is -2.26. The highest BCUT2D eigenvalue weighted by Gasteiger charge is 2.34. The number of nitrogens with one attached hydrogen (secondary N) is 2. The molecule has 2 aliphatic heterocycles. The van der Waals surface area contributed by atoms with E-state index in [0.29, 0.717) is 48.2 Å². The number of rotatable bonds is 4. The van der Waals surface area contributed by atoms with Gasteiger partial charge in [-0.1, -0.05) is 18.2 Å². The Balaban J connectivity index is 1.99. The average molecular weight is 383 g/mol. The first-order valence-electron chi connectivity index (χ1n) is 8.16. The molecule has 1 atom stereocenters. The lowest BCUT2D eigenvalue weighted by atomic mass is 9.93. The number of carbonyl (C=O) groups is 1. The summed E-state index contributed by atoms with van der Waals surface area (Å²) < 4.78 is 35.5. The van der Waals surface area contributed by atoms with Crippen LogP contribution in [0.25, 0.3) is 0 Å². The van der Waals surface area contributed by atoms with Gasteiger partial charge in [0.15, 0.2) is 5.11 Å². The van der Waals surface area contributed by atoms with Crippen LogP contribution in [0.2, 0.25) is 0 Å². The maximum atomic E-state index is 13.1. The molecule has 3 rings (SSSR count). The standard InChI is InChI=1S/C17H19F2N3O3S/c1-10-13(15(23)22-6-8-24-9-7-22)14(21-17(26)20-10)11-4-2-3-5-12(11)25-16(18)19/h2-5,14,16H,6-9H2,1H3,(H2,20,21,26)/t14-/m1/s1. The zero-order valence-corrected chi connectivity index (χ0v) is 14.9. The summed E-state index contributed by atoms with van der Waals surface area (Å²) in [4.78, 5) is 14.8. The number of ether oxygens (including phenoxy) is 2. The molecule has 2 heterocycles. The van der Waals surface area contributed by atoms with Crippen molar-refractivity contribution in [3.05, 3.63) is 41.1 Å². The topological polar surface area (TPSA) is 62.8 Å². The van der Waals surface area contributed by atoms with Gasteiger partial charge in [-0.3, -0.25) is 4.79 Å². The van der Waals surface area contributed by atoms with Crippen LogP contribution in [0.1, 0.15) is 18.5 Å². The molecule has 2 aliphatic rings. The number of halogens is 2. The van der Waals surface area contributed by atoms with Crippen molar-refractivity contribution in [2.75, 3.05) is 26.3 Å². The second-order valence-electron chi connectivity index (χ2n) is 5.89. The van der Waals surface area contributed by atoms with Crippen molar-refractivity contribution in [3.8, 4) is 5.75 Å². The van der Waals surface area contributed by atoms with Crippen LogP contribution in [0.3, 0.4) is 0 Å². The zero-order valence-electron chi connectivity index (χ0n) is 14.1. The molecule has 0 radical (unpaired) electrons. The molecule has 0 unspecified atom stereocenters. The van der Waals surface area contributed by atoms with Gasteiger partial charge >= 0.3 is 6.61 Å². The Morgan fingerprint density at radius 3 is 2.73 bits per heavy atom.